The van der Waals surface area contributed by atoms with Crippen molar-refractivity contribution in [1.82, 2.24) is 4.90 Å². The van der Waals surface area contributed by atoms with Gasteiger partial charge in [0.2, 0.25) is 17.7 Å². The minimum atomic E-state index is -0.905. The summed E-state index contributed by atoms with van der Waals surface area (Å²) in [4.78, 5) is 44.5. The Morgan fingerprint density at radius 3 is 2.30 bits per heavy atom. The topological polar surface area (TPSA) is 79.0 Å². The third-order valence-electron chi connectivity index (χ3n) is 7.19. The lowest BCUT2D eigenvalue weighted by molar-refractivity contribution is -0.128. The number of hydrogen-bond acceptors (Lipinski definition) is 5. The monoisotopic (exact) mass is 533 g/mol. The maximum Gasteiger partial charge on any atom is 0.247 e. The Morgan fingerprint density at radius 2 is 1.59 bits per heavy atom. The van der Waals surface area contributed by atoms with Gasteiger partial charge in [0.15, 0.2) is 0 Å². The molecule has 2 fully saturated rings. The number of rotatable bonds is 4. The molecule has 6 rings (SSSR count). The molecule has 3 aliphatic rings. The van der Waals surface area contributed by atoms with Gasteiger partial charge in [-0.15, -0.1) is 0 Å². The Labute approximate surface area is 223 Å². The highest BCUT2D eigenvalue weighted by Crippen LogP contribution is 2.53. The smallest absolute Gasteiger partial charge is 0.247 e. The zero-order valence-electron chi connectivity index (χ0n) is 19.6. The Balaban J connectivity index is 1.43. The molecule has 0 aromatic heterocycles. The normalized spacial score (nSPS) is 23.5. The highest BCUT2D eigenvalue weighted by molar-refractivity contribution is 6.36. The summed E-state index contributed by atoms with van der Waals surface area (Å²) in [6, 6.07) is 17.9. The molecule has 0 bridgehead atoms. The molecule has 0 saturated carbocycles. The van der Waals surface area contributed by atoms with Gasteiger partial charge in [-0.3, -0.25) is 14.4 Å². The number of methoxy groups -OCH3 is 1. The fourth-order valence-electron chi connectivity index (χ4n) is 5.67. The molecule has 0 aliphatic carbocycles. The average molecular weight is 534 g/mol. The van der Waals surface area contributed by atoms with Crippen molar-refractivity contribution in [3.05, 3.63) is 94.1 Å². The van der Waals surface area contributed by atoms with Gasteiger partial charge < -0.3 is 15.0 Å². The number of benzene rings is 3. The molecule has 186 valence electrons. The number of anilines is 2. The molecular formula is C28H21Cl2N3O4. The van der Waals surface area contributed by atoms with Gasteiger partial charge in [0.1, 0.15) is 11.8 Å². The van der Waals surface area contributed by atoms with Crippen molar-refractivity contribution < 1.29 is 19.1 Å². The predicted octanol–water partition coefficient (Wildman–Crippen LogP) is 5.16. The second-order valence-corrected chi connectivity index (χ2v) is 10.1. The molecular weight excluding hydrogens is 513 g/mol. The summed E-state index contributed by atoms with van der Waals surface area (Å²) in [6.07, 6.45) is 3.72. The van der Waals surface area contributed by atoms with E-state index in [-0.39, 0.29) is 11.8 Å². The van der Waals surface area contributed by atoms with Gasteiger partial charge in [-0.25, -0.2) is 4.90 Å². The van der Waals surface area contributed by atoms with E-state index >= 15 is 0 Å². The predicted molar refractivity (Wildman–Crippen MR) is 141 cm³/mol. The van der Waals surface area contributed by atoms with Crippen molar-refractivity contribution >= 4 is 58.4 Å². The van der Waals surface area contributed by atoms with Crippen molar-refractivity contribution in [3.63, 3.8) is 0 Å². The highest BCUT2D eigenvalue weighted by Gasteiger charge is 2.64. The molecule has 37 heavy (non-hydrogen) atoms. The van der Waals surface area contributed by atoms with Crippen LogP contribution in [0.2, 0.25) is 10.0 Å². The van der Waals surface area contributed by atoms with Crippen molar-refractivity contribution in [3.8, 4) is 5.75 Å². The molecule has 1 unspecified atom stereocenters. The lowest BCUT2D eigenvalue weighted by Crippen LogP contribution is -2.46. The van der Waals surface area contributed by atoms with E-state index in [1.807, 2.05) is 41.4 Å². The largest absolute Gasteiger partial charge is 0.497 e. The summed E-state index contributed by atoms with van der Waals surface area (Å²) < 4.78 is 5.19. The molecule has 3 amide bonds. The number of carbonyl (C=O) groups is 3. The molecule has 4 atom stereocenters. The van der Waals surface area contributed by atoms with Crippen LogP contribution >= 0.6 is 23.2 Å². The first-order valence-electron chi connectivity index (χ1n) is 11.7. The first-order valence-corrected chi connectivity index (χ1v) is 12.5. The van der Waals surface area contributed by atoms with E-state index in [2.05, 4.69) is 5.32 Å². The van der Waals surface area contributed by atoms with E-state index in [1.54, 1.807) is 31.4 Å². The van der Waals surface area contributed by atoms with E-state index in [1.165, 1.54) is 18.2 Å². The molecule has 7 nitrogen and oxygen atoms in total. The summed E-state index contributed by atoms with van der Waals surface area (Å²) in [6.45, 7) is 0. The molecule has 0 radical (unpaired) electrons. The molecule has 3 heterocycles. The molecule has 3 aromatic rings. The Kier molecular flexibility index (Phi) is 5.70. The summed E-state index contributed by atoms with van der Waals surface area (Å²) in [5.74, 6) is -2.22. The van der Waals surface area contributed by atoms with E-state index in [4.69, 9.17) is 27.9 Å². The number of nitrogens with one attached hydrogen (secondary N) is 1. The molecule has 2 saturated heterocycles. The molecule has 0 spiro atoms. The third-order valence-corrected chi connectivity index (χ3v) is 7.63. The fraction of sp³-hybridized carbons (Fsp3) is 0.179. The minimum Gasteiger partial charge on any atom is -0.497 e. The number of halogens is 2. The lowest BCUT2D eigenvalue weighted by Gasteiger charge is -2.35. The minimum absolute atomic E-state index is 0.294. The Morgan fingerprint density at radius 1 is 0.919 bits per heavy atom. The van der Waals surface area contributed by atoms with Crippen LogP contribution in [-0.4, -0.2) is 35.8 Å². The van der Waals surface area contributed by atoms with Crippen LogP contribution in [0.3, 0.4) is 0 Å². The van der Waals surface area contributed by atoms with Crippen molar-refractivity contribution in [1.29, 1.82) is 0 Å². The fourth-order valence-corrected chi connectivity index (χ4v) is 6.19. The quantitative estimate of drug-likeness (QED) is 0.469. The number of fused-ring (bicyclic) bond motifs is 5. The molecule has 3 aliphatic heterocycles. The van der Waals surface area contributed by atoms with Crippen LogP contribution in [0.25, 0.3) is 6.08 Å². The first-order chi connectivity index (χ1) is 17.9. The standard InChI is InChI=1S/C28H21Cl2N3O4/c1-37-20-8-6-18(7-9-20)31-26(34)25-23-22(24-21-5-3-2-4-15(21)10-11-32(24)25)27(35)33(28(23)36)19-13-16(29)12-17(30)14-19/h2-14,22-25H,1H3,(H,31,34)/t22-,23+,24?,25-/m0/s1. The van der Waals surface area contributed by atoms with Crippen LogP contribution in [0, 0.1) is 11.8 Å². The third kappa shape index (κ3) is 3.77. The summed E-state index contributed by atoms with van der Waals surface area (Å²) >= 11 is 12.4. The summed E-state index contributed by atoms with van der Waals surface area (Å²) in [5.41, 5.74) is 2.69. The van der Waals surface area contributed by atoms with Crippen LogP contribution in [0.1, 0.15) is 17.2 Å². The average Bonchev–Trinajstić information content (AvgIpc) is 3.36. The van der Waals surface area contributed by atoms with E-state index < -0.39 is 29.8 Å². The second kappa shape index (κ2) is 8.94. The van der Waals surface area contributed by atoms with Crippen LogP contribution in [0.4, 0.5) is 11.4 Å². The summed E-state index contributed by atoms with van der Waals surface area (Å²) in [5, 5.41) is 3.53. The number of imide groups is 1. The van der Waals surface area contributed by atoms with Gasteiger partial charge in [0.25, 0.3) is 0 Å². The van der Waals surface area contributed by atoms with E-state index in [9.17, 15) is 14.4 Å². The van der Waals surface area contributed by atoms with Gasteiger partial charge in [0, 0.05) is 21.9 Å². The zero-order valence-corrected chi connectivity index (χ0v) is 21.1. The van der Waals surface area contributed by atoms with Gasteiger partial charge in [0.05, 0.1) is 30.7 Å². The Bertz CT molecular complexity index is 1450. The van der Waals surface area contributed by atoms with Crippen molar-refractivity contribution in [2.75, 3.05) is 17.3 Å². The number of nitrogens with zero attached hydrogens (tertiary/aromatic N) is 2. The zero-order chi connectivity index (χ0) is 25.8. The van der Waals surface area contributed by atoms with Gasteiger partial charge >= 0.3 is 0 Å². The maximum absolute atomic E-state index is 13.9. The summed E-state index contributed by atoms with van der Waals surface area (Å²) in [7, 11) is 1.56. The number of carbonyl (C=O) groups excluding carboxylic acids is 3. The van der Waals surface area contributed by atoms with Crippen LogP contribution in [0.15, 0.2) is 72.9 Å². The van der Waals surface area contributed by atoms with Gasteiger partial charge in [-0.05, 0) is 59.7 Å². The van der Waals surface area contributed by atoms with Crippen LogP contribution < -0.4 is 15.0 Å². The lowest BCUT2D eigenvalue weighted by atomic mass is 9.84. The molecule has 9 heteroatoms. The number of ether oxygens (including phenoxy) is 1. The first kappa shape index (κ1) is 23.6. The van der Waals surface area contributed by atoms with E-state index in [0.29, 0.717) is 27.2 Å². The van der Waals surface area contributed by atoms with Crippen molar-refractivity contribution in [2.24, 2.45) is 11.8 Å². The molecule has 1 N–H and O–H groups in total. The van der Waals surface area contributed by atoms with Crippen LogP contribution in [-0.2, 0) is 14.4 Å². The number of amides is 3. The molecule has 3 aromatic carbocycles. The van der Waals surface area contributed by atoms with Crippen LogP contribution in [0.5, 0.6) is 5.75 Å². The van der Waals surface area contributed by atoms with E-state index in [0.717, 1.165) is 16.0 Å². The number of hydrogen-bond donors (Lipinski definition) is 1. The second-order valence-electron chi connectivity index (χ2n) is 9.19. The Hall–Kier alpha value is -3.81. The highest BCUT2D eigenvalue weighted by atomic mass is 35.5. The SMILES string of the molecule is COc1ccc(NC(=O)[C@@H]2[C@@H]3C(=O)N(c4cc(Cl)cc(Cl)c4)C(=O)[C@@H]3C3c4ccccc4C=CN32)cc1. The maximum atomic E-state index is 13.9. The van der Waals surface area contributed by atoms with Gasteiger partial charge in [-0.2, -0.15) is 0 Å². The van der Waals surface area contributed by atoms with Gasteiger partial charge in [-0.1, -0.05) is 47.5 Å². The van der Waals surface area contributed by atoms with Crippen molar-refractivity contribution in [2.45, 2.75) is 12.1 Å².